The zero-order chi connectivity index (χ0) is 15.4. The van der Waals surface area contributed by atoms with Gasteiger partial charge in [0.25, 0.3) is 5.69 Å². The molecule has 0 aliphatic heterocycles. The maximum absolute atomic E-state index is 10.9. The van der Waals surface area contributed by atoms with E-state index in [-0.39, 0.29) is 5.69 Å². The van der Waals surface area contributed by atoms with Gasteiger partial charge in [-0.2, -0.15) is 0 Å². The van der Waals surface area contributed by atoms with Gasteiger partial charge >= 0.3 is 0 Å². The molecule has 0 aliphatic rings. The third-order valence-corrected chi connectivity index (χ3v) is 3.08. The molecule has 1 N–H and O–H groups in total. The Kier molecular flexibility index (Phi) is 4.47. The van der Waals surface area contributed by atoms with E-state index >= 15 is 0 Å². The van der Waals surface area contributed by atoms with Crippen LogP contribution >= 0.6 is 0 Å². The lowest BCUT2D eigenvalue weighted by Crippen LogP contribution is -2.05. The molecule has 6 nitrogen and oxygen atoms in total. The molecule has 0 bridgehead atoms. The van der Waals surface area contributed by atoms with Gasteiger partial charge in [-0.05, 0) is 25.8 Å². The first-order valence-corrected chi connectivity index (χ1v) is 6.86. The second kappa shape index (κ2) is 6.30. The molecule has 6 heteroatoms. The Morgan fingerprint density at radius 1 is 1.24 bits per heavy atom. The molecule has 0 saturated carbocycles. The summed E-state index contributed by atoms with van der Waals surface area (Å²) in [6, 6.07) is 6.60. The molecule has 0 saturated heterocycles. The fourth-order valence-electron chi connectivity index (χ4n) is 2.00. The first-order valence-electron chi connectivity index (χ1n) is 6.86. The number of aromatic nitrogens is 2. The van der Waals surface area contributed by atoms with Crippen LogP contribution in [0, 0.1) is 24.0 Å². The largest absolute Gasteiger partial charge is 0.370 e. The minimum Gasteiger partial charge on any atom is -0.370 e. The van der Waals surface area contributed by atoms with Gasteiger partial charge in [-0.25, -0.2) is 9.97 Å². The van der Waals surface area contributed by atoms with E-state index in [0.717, 1.165) is 30.0 Å². The first-order chi connectivity index (χ1) is 10.0. The molecule has 1 aromatic heterocycles. The number of aryl methyl sites for hydroxylation is 2. The number of nitrogens with one attached hydrogen (secondary N) is 1. The highest BCUT2D eigenvalue weighted by Crippen LogP contribution is 2.26. The molecule has 2 rings (SSSR count). The van der Waals surface area contributed by atoms with Crippen LogP contribution in [0.5, 0.6) is 0 Å². The van der Waals surface area contributed by atoms with Gasteiger partial charge in [-0.3, -0.25) is 10.1 Å². The third kappa shape index (κ3) is 3.53. The second-order valence-corrected chi connectivity index (χ2v) is 4.90. The smallest absolute Gasteiger partial charge is 0.270 e. The van der Waals surface area contributed by atoms with Crippen molar-refractivity contribution >= 4 is 11.5 Å². The lowest BCUT2D eigenvalue weighted by molar-refractivity contribution is -0.384. The van der Waals surface area contributed by atoms with Crippen LogP contribution in [-0.4, -0.2) is 21.4 Å². The zero-order valence-electron chi connectivity index (χ0n) is 12.4. The summed E-state index contributed by atoms with van der Waals surface area (Å²) in [6.07, 6.45) is 0.994. The van der Waals surface area contributed by atoms with E-state index in [1.165, 1.54) is 12.1 Å². The number of nitrogens with zero attached hydrogens (tertiary/aromatic N) is 3. The summed E-state index contributed by atoms with van der Waals surface area (Å²) in [6.45, 7) is 6.68. The van der Waals surface area contributed by atoms with Crippen LogP contribution in [0.25, 0.3) is 11.4 Å². The van der Waals surface area contributed by atoms with E-state index < -0.39 is 4.92 Å². The molecule has 2 aromatic rings. The van der Waals surface area contributed by atoms with E-state index in [2.05, 4.69) is 22.2 Å². The lowest BCUT2D eigenvalue weighted by atomic mass is 10.1. The van der Waals surface area contributed by atoms with E-state index in [1.54, 1.807) is 6.07 Å². The molecule has 0 fully saturated rings. The number of anilines is 1. The molecule has 0 aliphatic carbocycles. The Labute approximate surface area is 123 Å². The lowest BCUT2D eigenvalue weighted by Gasteiger charge is -2.09. The van der Waals surface area contributed by atoms with Crippen molar-refractivity contribution in [2.24, 2.45) is 0 Å². The van der Waals surface area contributed by atoms with Gasteiger partial charge in [0.2, 0.25) is 0 Å². The number of nitro groups is 1. The highest BCUT2D eigenvalue weighted by molar-refractivity contribution is 5.65. The number of rotatable bonds is 5. The minimum absolute atomic E-state index is 0.0452. The van der Waals surface area contributed by atoms with Gasteiger partial charge in [-0.15, -0.1) is 0 Å². The zero-order valence-corrected chi connectivity index (χ0v) is 12.4. The maximum atomic E-state index is 10.9. The predicted molar refractivity (Wildman–Crippen MR) is 82.4 cm³/mol. The Bertz CT molecular complexity index is 671. The van der Waals surface area contributed by atoms with Crippen LogP contribution in [0.4, 0.5) is 11.5 Å². The van der Waals surface area contributed by atoms with E-state index in [4.69, 9.17) is 0 Å². The molecular weight excluding hydrogens is 268 g/mol. The second-order valence-electron chi connectivity index (χ2n) is 4.90. The summed E-state index contributed by atoms with van der Waals surface area (Å²) in [5, 5.41) is 14.1. The molecule has 0 spiro atoms. The number of benzene rings is 1. The molecule has 0 atom stereocenters. The molecule has 0 radical (unpaired) electrons. The van der Waals surface area contributed by atoms with Crippen LogP contribution < -0.4 is 5.32 Å². The van der Waals surface area contributed by atoms with Crippen LogP contribution in [-0.2, 0) is 0 Å². The van der Waals surface area contributed by atoms with Gasteiger partial charge in [0.15, 0.2) is 5.82 Å². The van der Waals surface area contributed by atoms with Gasteiger partial charge in [0.05, 0.1) is 4.92 Å². The van der Waals surface area contributed by atoms with Gasteiger partial charge in [0, 0.05) is 36.0 Å². The Balaban J connectivity index is 2.48. The molecule has 110 valence electrons. The molecule has 1 heterocycles. The normalized spacial score (nSPS) is 10.4. The molecule has 0 unspecified atom stereocenters. The molecule has 0 amide bonds. The van der Waals surface area contributed by atoms with Crippen LogP contribution in [0.2, 0.25) is 0 Å². The summed E-state index contributed by atoms with van der Waals surface area (Å²) >= 11 is 0. The standard InChI is InChI=1S/C15H18N4O2/c1-4-7-16-14-8-11(3)17-15(18-14)13-9-12(19(20)21)6-5-10(13)2/h5-6,8-9H,4,7H2,1-3H3,(H,16,17,18). The molecule has 21 heavy (non-hydrogen) atoms. The highest BCUT2D eigenvalue weighted by Gasteiger charge is 2.13. The molecule has 1 aromatic carbocycles. The first kappa shape index (κ1) is 14.9. The topological polar surface area (TPSA) is 81.0 Å². The minimum atomic E-state index is -0.408. The predicted octanol–water partition coefficient (Wildman–Crippen LogP) is 3.49. The summed E-state index contributed by atoms with van der Waals surface area (Å²) < 4.78 is 0. The van der Waals surface area contributed by atoms with E-state index in [1.807, 2.05) is 19.9 Å². The SMILES string of the molecule is CCCNc1cc(C)nc(-c2cc([N+](=O)[O-])ccc2C)n1. The van der Waals surface area contributed by atoms with Crippen molar-refractivity contribution in [3.63, 3.8) is 0 Å². The Hall–Kier alpha value is -2.50. The van der Waals surface area contributed by atoms with Crippen LogP contribution in [0.3, 0.4) is 0 Å². The average Bonchev–Trinajstić information content (AvgIpc) is 2.44. The van der Waals surface area contributed by atoms with E-state index in [0.29, 0.717) is 11.4 Å². The van der Waals surface area contributed by atoms with E-state index in [9.17, 15) is 10.1 Å². The van der Waals surface area contributed by atoms with Crippen molar-refractivity contribution in [2.45, 2.75) is 27.2 Å². The van der Waals surface area contributed by atoms with Crippen molar-refractivity contribution in [2.75, 3.05) is 11.9 Å². The third-order valence-electron chi connectivity index (χ3n) is 3.08. The quantitative estimate of drug-likeness (QED) is 0.672. The van der Waals surface area contributed by atoms with Crippen LogP contribution in [0.1, 0.15) is 24.6 Å². The van der Waals surface area contributed by atoms with Gasteiger partial charge < -0.3 is 5.32 Å². The number of hydrogen-bond donors (Lipinski definition) is 1. The summed E-state index contributed by atoms with van der Waals surface area (Å²) in [5.74, 6) is 1.25. The fourth-order valence-corrected chi connectivity index (χ4v) is 2.00. The monoisotopic (exact) mass is 286 g/mol. The van der Waals surface area contributed by atoms with Crippen molar-refractivity contribution in [3.05, 3.63) is 45.6 Å². The summed E-state index contributed by atoms with van der Waals surface area (Å²) in [5.41, 5.74) is 2.47. The highest BCUT2D eigenvalue weighted by atomic mass is 16.6. The average molecular weight is 286 g/mol. The summed E-state index contributed by atoms with van der Waals surface area (Å²) in [4.78, 5) is 19.4. The number of nitro benzene ring substituents is 1. The van der Waals surface area contributed by atoms with Gasteiger partial charge in [-0.1, -0.05) is 13.0 Å². The Morgan fingerprint density at radius 3 is 2.67 bits per heavy atom. The van der Waals surface area contributed by atoms with Crippen LogP contribution in [0.15, 0.2) is 24.3 Å². The van der Waals surface area contributed by atoms with Crippen molar-refractivity contribution in [1.29, 1.82) is 0 Å². The van der Waals surface area contributed by atoms with Crippen molar-refractivity contribution in [3.8, 4) is 11.4 Å². The van der Waals surface area contributed by atoms with Crippen molar-refractivity contribution < 1.29 is 4.92 Å². The van der Waals surface area contributed by atoms with Gasteiger partial charge in [0.1, 0.15) is 5.82 Å². The number of non-ortho nitro benzene ring substituents is 1. The molecular formula is C15H18N4O2. The summed E-state index contributed by atoms with van der Waals surface area (Å²) in [7, 11) is 0. The fraction of sp³-hybridized carbons (Fsp3) is 0.333. The Morgan fingerprint density at radius 2 is 2.00 bits per heavy atom. The number of hydrogen-bond acceptors (Lipinski definition) is 5. The maximum Gasteiger partial charge on any atom is 0.270 e. The van der Waals surface area contributed by atoms with Crippen molar-refractivity contribution in [1.82, 2.24) is 9.97 Å².